The molecule has 4 aromatic rings. The van der Waals surface area contributed by atoms with Crippen molar-refractivity contribution < 1.29 is 19.1 Å². The molecule has 1 aliphatic rings. The van der Waals surface area contributed by atoms with E-state index in [0.717, 1.165) is 54.0 Å². The minimum Gasteiger partial charge on any atom is -0.468 e. The number of benzene rings is 4. The second-order valence-electron chi connectivity index (χ2n) is 12.9. The molecule has 1 aliphatic heterocycles. The lowest BCUT2D eigenvalue weighted by atomic mass is 9.79. The predicted molar refractivity (Wildman–Crippen MR) is 184 cm³/mol. The molecule has 1 unspecified atom stereocenters. The number of anilines is 2. The lowest BCUT2D eigenvalue weighted by molar-refractivity contribution is -0.141. The van der Waals surface area contributed by atoms with E-state index in [2.05, 4.69) is 60.6 Å². The first-order valence-corrected chi connectivity index (χ1v) is 15.9. The van der Waals surface area contributed by atoms with Crippen LogP contribution in [0.5, 0.6) is 0 Å². The van der Waals surface area contributed by atoms with Gasteiger partial charge < -0.3 is 20.3 Å². The Hall–Kier alpha value is -4.91. The highest BCUT2D eigenvalue weighted by Crippen LogP contribution is 2.35. The van der Waals surface area contributed by atoms with E-state index in [1.807, 2.05) is 78.9 Å². The number of carbonyl (C=O) groups is 3. The van der Waals surface area contributed by atoms with Crippen LogP contribution in [0.15, 0.2) is 103 Å². The van der Waals surface area contributed by atoms with Crippen LogP contribution in [0.1, 0.15) is 61.0 Å². The fourth-order valence-corrected chi connectivity index (χ4v) is 6.17. The first-order chi connectivity index (χ1) is 22.1. The van der Waals surface area contributed by atoms with Gasteiger partial charge >= 0.3 is 5.97 Å². The number of ether oxygens (including phenoxy) is 1. The summed E-state index contributed by atoms with van der Waals surface area (Å²) in [4.78, 5) is 40.6. The summed E-state index contributed by atoms with van der Waals surface area (Å²) in [6.07, 6.45) is 1.66. The van der Waals surface area contributed by atoms with Gasteiger partial charge in [0.25, 0.3) is 5.91 Å². The van der Waals surface area contributed by atoms with Gasteiger partial charge in [0.15, 0.2) is 0 Å². The summed E-state index contributed by atoms with van der Waals surface area (Å²) in [7, 11) is 1.31. The van der Waals surface area contributed by atoms with Gasteiger partial charge in [0.05, 0.1) is 13.0 Å². The lowest BCUT2D eigenvalue weighted by Gasteiger charge is -2.37. The Morgan fingerprint density at radius 1 is 0.826 bits per heavy atom. The largest absolute Gasteiger partial charge is 0.468 e. The Morgan fingerprint density at radius 2 is 1.46 bits per heavy atom. The molecule has 0 saturated carbocycles. The predicted octanol–water partition coefficient (Wildman–Crippen LogP) is 7.19. The summed E-state index contributed by atoms with van der Waals surface area (Å²) in [5.41, 5.74) is 6.59. The van der Waals surface area contributed by atoms with E-state index in [1.165, 1.54) is 12.7 Å². The Morgan fingerprint density at radius 3 is 2.09 bits per heavy atom. The molecule has 5 rings (SSSR count). The van der Waals surface area contributed by atoms with Crippen LogP contribution >= 0.6 is 0 Å². The molecule has 7 heteroatoms. The zero-order valence-electron chi connectivity index (χ0n) is 27.1. The quantitative estimate of drug-likeness (QED) is 0.194. The first-order valence-electron chi connectivity index (χ1n) is 15.9. The second kappa shape index (κ2) is 14.5. The van der Waals surface area contributed by atoms with Crippen LogP contribution in [0.3, 0.4) is 0 Å². The molecule has 7 nitrogen and oxygen atoms in total. The number of amides is 2. The van der Waals surface area contributed by atoms with Crippen LogP contribution in [0.4, 0.5) is 11.4 Å². The minimum atomic E-state index is -0.468. The molecule has 2 N–H and O–H groups in total. The van der Waals surface area contributed by atoms with Crippen molar-refractivity contribution in [2.24, 2.45) is 5.92 Å². The van der Waals surface area contributed by atoms with Crippen molar-refractivity contribution in [2.45, 2.75) is 44.9 Å². The third-order valence-corrected chi connectivity index (χ3v) is 8.81. The number of carbonyl (C=O) groups excluding carboxylic acids is 3. The Bertz CT molecular complexity index is 1640. The highest BCUT2D eigenvalue weighted by molar-refractivity contribution is 6.08. The SMILES string of the molecule is COC(=O)CNC(=O)C(c1ccccc1)C1CCN(c2ccc(NC(=O)c3ccccc3-c3ccc(C(C)(C)C)cc3)cc2)CC1. The average Bonchev–Trinajstić information content (AvgIpc) is 3.08. The molecule has 0 aliphatic carbocycles. The molecule has 1 atom stereocenters. The van der Waals surface area contributed by atoms with Crippen molar-refractivity contribution in [3.63, 3.8) is 0 Å². The first kappa shape index (κ1) is 32.5. The van der Waals surface area contributed by atoms with Gasteiger partial charge in [-0.2, -0.15) is 0 Å². The molecular formula is C39H43N3O4. The van der Waals surface area contributed by atoms with Gasteiger partial charge in [0.1, 0.15) is 6.54 Å². The molecule has 0 aromatic heterocycles. The number of rotatable bonds is 9. The third-order valence-electron chi connectivity index (χ3n) is 8.81. The summed E-state index contributed by atoms with van der Waals surface area (Å²) in [5, 5.41) is 5.84. The Balaban J connectivity index is 1.22. The number of hydrogen-bond acceptors (Lipinski definition) is 5. The summed E-state index contributed by atoms with van der Waals surface area (Å²) < 4.78 is 4.70. The maximum Gasteiger partial charge on any atom is 0.325 e. The van der Waals surface area contributed by atoms with E-state index in [-0.39, 0.29) is 35.6 Å². The van der Waals surface area contributed by atoms with Crippen LogP contribution < -0.4 is 15.5 Å². The fraction of sp³-hybridized carbons (Fsp3) is 0.308. The van der Waals surface area contributed by atoms with E-state index < -0.39 is 5.97 Å². The molecule has 238 valence electrons. The zero-order chi connectivity index (χ0) is 32.7. The van der Waals surface area contributed by atoms with Crippen LogP contribution in [-0.4, -0.2) is 44.5 Å². The van der Waals surface area contributed by atoms with E-state index in [0.29, 0.717) is 5.56 Å². The Labute approximate surface area is 272 Å². The molecule has 0 bridgehead atoms. The van der Waals surface area contributed by atoms with Crippen molar-refractivity contribution in [1.82, 2.24) is 5.32 Å². The molecule has 0 radical (unpaired) electrons. The highest BCUT2D eigenvalue weighted by atomic mass is 16.5. The lowest BCUT2D eigenvalue weighted by Crippen LogP contribution is -2.41. The van der Waals surface area contributed by atoms with Crippen molar-refractivity contribution in [2.75, 3.05) is 37.0 Å². The maximum atomic E-state index is 13.4. The fourth-order valence-electron chi connectivity index (χ4n) is 6.17. The molecule has 46 heavy (non-hydrogen) atoms. The average molecular weight is 618 g/mol. The molecule has 1 heterocycles. The van der Waals surface area contributed by atoms with Gasteiger partial charge in [-0.15, -0.1) is 0 Å². The Kier molecular flexibility index (Phi) is 10.2. The second-order valence-corrected chi connectivity index (χ2v) is 12.9. The van der Waals surface area contributed by atoms with E-state index in [4.69, 9.17) is 4.74 Å². The number of nitrogens with zero attached hydrogens (tertiary/aromatic N) is 1. The zero-order valence-corrected chi connectivity index (χ0v) is 27.1. The third kappa shape index (κ3) is 7.83. The summed E-state index contributed by atoms with van der Waals surface area (Å²) in [5.74, 6) is -0.977. The van der Waals surface area contributed by atoms with E-state index in [9.17, 15) is 14.4 Å². The molecular weight excluding hydrogens is 574 g/mol. The van der Waals surface area contributed by atoms with Gasteiger partial charge in [-0.1, -0.05) is 93.6 Å². The smallest absolute Gasteiger partial charge is 0.325 e. The molecule has 1 fully saturated rings. The van der Waals surface area contributed by atoms with Crippen molar-refractivity contribution >= 4 is 29.2 Å². The minimum absolute atomic E-state index is 0.0609. The van der Waals surface area contributed by atoms with Crippen molar-refractivity contribution in [3.8, 4) is 11.1 Å². The number of nitrogens with one attached hydrogen (secondary N) is 2. The van der Waals surface area contributed by atoms with Gasteiger partial charge in [-0.05, 0) is 76.8 Å². The van der Waals surface area contributed by atoms with Crippen LogP contribution in [0.25, 0.3) is 11.1 Å². The van der Waals surface area contributed by atoms with Crippen LogP contribution in [-0.2, 0) is 19.7 Å². The standard InChI is InChI=1S/C39H43N3O4/c1-39(2,3)30-16-14-27(15-17-30)33-12-8-9-13-34(33)37(44)41-31-18-20-32(21-19-31)42-24-22-29(23-25-42)36(28-10-6-5-7-11-28)38(45)40-26-35(43)46-4/h5-21,29,36H,22-26H2,1-4H3,(H,40,45)(H,41,44). The number of esters is 1. The van der Waals surface area contributed by atoms with Gasteiger partial charge in [0.2, 0.25) is 5.91 Å². The topological polar surface area (TPSA) is 87.7 Å². The number of methoxy groups -OCH3 is 1. The van der Waals surface area contributed by atoms with Crippen molar-refractivity contribution in [3.05, 3.63) is 120 Å². The van der Waals surface area contributed by atoms with Gasteiger partial charge in [0, 0.05) is 30.0 Å². The number of piperidine rings is 1. The molecule has 2 amide bonds. The van der Waals surface area contributed by atoms with Gasteiger partial charge in [-0.3, -0.25) is 14.4 Å². The van der Waals surface area contributed by atoms with E-state index in [1.54, 1.807) is 0 Å². The van der Waals surface area contributed by atoms with Crippen LogP contribution in [0, 0.1) is 5.92 Å². The highest BCUT2D eigenvalue weighted by Gasteiger charge is 2.33. The normalized spacial score (nSPS) is 14.3. The van der Waals surface area contributed by atoms with Crippen molar-refractivity contribution in [1.29, 1.82) is 0 Å². The number of hydrogen-bond donors (Lipinski definition) is 2. The monoisotopic (exact) mass is 617 g/mol. The summed E-state index contributed by atoms with van der Waals surface area (Å²) in [6, 6.07) is 33.8. The summed E-state index contributed by atoms with van der Waals surface area (Å²) >= 11 is 0. The van der Waals surface area contributed by atoms with Crippen LogP contribution in [0.2, 0.25) is 0 Å². The molecule has 4 aromatic carbocycles. The summed E-state index contributed by atoms with van der Waals surface area (Å²) in [6.45, 7) is 8.02. The molecule has 1 saturated heterocycles. The van der Waals surface area contributed by atoms with E-state index >= 15 is 0 Å². The molecule has 0 spiro atoms. The maximum absolute atomic E-state index is 13.4. The van der Waals surface area contributed by atoms with Gasteiger partial charge in [-0.25, -0.2) is 0 Å².